The number of hydrogen-bond donors (Lipinski definition) is 0. The summed E-state index contributed by atoms with van der Waals surface area (Å²) in [5.74, 6) is -0.850. The second kappa shape index (κ2) is 10.4. The maximum Gasteiger partial charge on any atom is 0.345 e. The number of rotatable bonds is 6. The van der Waals surface area contributed by atoms with Gasteiger partial charge in [0.05, 0.1) is 30.1 Å². The van der Waals surface area contributed by atoms with Crippen molar-refractivity contribution in [2.45, 2.75) is 13.0 Å². The van der Waals surface area contributed by atoms with E-state index >= 15 is 0 Å². The van der Waals surface area contributed by atoms with Crippen LogP contribution in [0.4, 0.5) is 0 Å². The highest BCUT2D eigenvalue weighted by Crippen LogP contribution is 2.46. The summed E-state index contributed by atoms with van der Waals surface area (Å²) in [6, 6.07) is 6.37. The standard InChI is InChI=1S/C22H20BrNO5S2/c1-4-30-22-17(18(25)13-8-10-14(23)11-9-13)24-12-6-5-7-15(24)16(20(26)28-2)19(31-22)21(27)29-3/h5-12,15H,4H2,1-3H3. The third kappa shape index (κ3) is 4.83. The van der Waals surface area contributed by atoms with Gasteiger partial charge in [-0.05, 0) is 36.1 Å². The topological polar surface area (TPSA) is 72.9 Å². The van der Waals surface area contributed by atoms with Gasteiger partial charge in [-0.2, -0.15) is 0 Å². The zero-order chi connectivity index (χ0) is 22.5. The number of benzene rings is 1. The number of nitrogens with zero attached hydrogens (tertiary/aromatic N) is 1. The smallest absolute Gasteiger partial charge is 0.345 e. The lowest BCUT2D eigenvalue weighted by molar-refractivity contribution is -0.139. The molecule has 0 aromatic heterocycles. The average Bonchev–Trinajstić information content (AvgIpc) is 2.93. The Kier molecular flexibility index (Phi) is 7.85. The molecule has 0 fully saturated rings. The van der Waals surface area contributed by atoms with E-state index in [1.54, 1.807) is 53.6 Å². The summed E-state index contributed by atoms with van der Waals surface area (Å²) in [5.41, 5.74) is 1.02. The van der Waals surface area contributed by atoms with Crippen LogP contribution in [0.3, 0.4) is 0 Å². The highest BCUT2D eigenvalue weighted by molar-refractivity contribution is 9.10. The molecule has 0 saturated carbocycles. The number of Topliss-reactive ketones (excluding diaryl/α,β-unsaturated/α-hetero) is 1. The first-order valence-electron chi connectivity index (χ1n) is 9.32. The molecule has 1 atom stereocenters. The van der Waals surface area contributed by atoms with Gasteiger partial charge in [0.2, 0.25) is 5.78 Å². The number of hydrogen-bond acceptors (Lipinski definition) is 8. The number of thioether (sulfide) groups is 2. The fourth-order valence-electron chi connectivity index (χ4n) is 3.13. The first kappa shape index (κ1) is 23.4. The zero-order valence-electron chi connectivity index (χ0n) is 17.1. The van der Waals surface area contributed by atoms with Crippen molar-refractivity contribution < 1.29 is 23.9 Å². The van der Waals surface area contributed by atoms with Gasteiger partial charge in [-0.3, -0.25) is 4.79 Å². The molecular formula is C22H20BrNO5S2. The van der Waals surface area contributed by atoms with E-state index in [1.807, 2.05) is 6.92 Å². The Bertz CT molecular complexity index is 1030. The lowest BCUT2D eigenvalue weighted by Crippen LogP contribution is -2.37. The number of allylic oxidation sites excluding steroid dienone is 3. The van der Waals surface area contributed by atoms with Crippen LogP contribution in [-0.2, 0) is 19.1 Å². The Labute approximate surface area is 197 Å². The van der Waals surface area contributed by atoms with Gasteiger partial charge in [-0.25, -0.2) is 9.59 Å². The maximum absolute atomic E-state index is 13.6. The molecule has 2 heterocycles. The molecule has 1 aromatic carbocycles. The number of ether oxygens (including phenoxy) is 2. The van der Waals surface area contributed by atoms with Crippen LogP contribution in [0.5, 0.6) is 0 Å². The molecule has 0 bridgehead atoms. The van der Waals surface area contributed by atoms with E-state index < -0.39 is 18.0 Å². The lowest BCUT2D eigenvalue weighted by atomic mass is 9.99. The van der Waals surface area contributed by atoms with Crippen molar-refractivity contribution in [3.05, 3.63) is 79.1 Å². The van der Waals surface area contributed by atoms with Gasteiger partial charge in [0.1, 0.15) is 10.6 Å². The van der Waals surface area contributed by atoms with Gasteiger partial charge < -0.3 is 14.4 Å². The van der Waals surface area contributed by atoms with Crippen LogP contribution in [-0.4, -0.2) is 48.6 Å². The number of fused-ring (bicyclic) bond motifs is 1. The molecule has 0 N–H and O–H groups in total. The van der Waals surface area contributed by atoms with Crippen LogP contribution in [0.25, 0.3) is 0 Å². The van der Waals surface area contributed by atoms with E-state index in [0.29, 0.717) is 21.3 Å². The first-order chi connectivity index (χ1) is 14.9. The third-order valence-corrected chi connectivity index (χ3v) is 7.36. The highest BCUT2D eigenvalue weighted by atomic mass is 79.9. The summed E-state index contributed by atoms with van der Waals surface area (Å²) in [7, 11) is 2.52. The fraction of sp³-hybridized carbons (Fsp3) is 0.227. The van der Waals surface area contributed by atoms with E-state index in [0.717, 1.165) is 16.2 Å². The van der Waals surface area contributed by atoms with Crippen LogP contribution in [0, 0.1) is 0 Å². The lowest BCUT2D eigenvalue weighted by Gasteiger charge is -2.32. The van der Waals surface area contributed by atoms with Crippen molar-refractivity contribution in [2.75, 3.05) is 20.0 Å². The Morgan fingerprint density at radius 1 is 1.10 bits per heavy atom. The molecule has 0 aliphatic carbocycles. The SMILES string of the molecule is CCSC1=C(C(=O)c2ccc(Br)cc2)N2C=CC=CC2C(C(=O)OC)=C(C(=O)OC)S1. The van der Waals surface area contributed by atoms with Crippen LogP contribution in [0.15, 0.2) is 73.6 Å². The number of carbonyl (C=O) groups excluding carboxylic acids is 3. The molecule has 0 radical (unpaired) electrons. The van der Waals surface area contributed by atoms with Crippen LogP contribution in [0.2, 0.25) is 0 Å². The normalized spacial score (nSPS) is 17.9. The zero-order valence-corrected chi connectivity index (χ0v) is 20.3. The van der Waals surface area contributed by atoms with E-state index in [4.69, 9.17) is 9.47 Å². The molecule has 1 unspecified atom stereocenters. The molecule has 2 aliphatic rings. The molecule has 2 aliphatic heterocycles. The Hall–Kier alpha value is -2.23. The number of methoxy groups -OCH3 is 2. The largest absolute Gasteiger partial charge is 0.466 e. The maximum atomic E-state index is 13.6. The second-order valence-corrected chi connectivity index (χ2v) is 9.78. The quantitative estimate of drug-likeness (QED) is 0.395. The predicted molar refractivity (Wildman–Crippen MR) is 126 cm³/mol. The van der Waals surface area contributed by atoms with Gasteiger partial charge in [0.25, 0.3) is 0 Å². The molecular weight excluding hydrogens is 502 g/mol. The van der Waals surface area contributed by atoms with E-state index in [2.05, 4.69) is 15.9 Å². The summed E-state index contributed by atoms with van der Waals surface area (Å²) in [6.45, 7) is 1.96. The van der Waals surface area contributed by atoms with Crippen molar-refractivity contribution in [1.29, 1.82) is 0 Å². The minimum absolute atomic E-state index is 0.110. The molecule has 3 rings (SSSR count). The minimum atomic E-state index is -0.691. The Morgan fingerprint density at radius 2 is 1.77 bits per heavy atom. The third-order valence-electron chi connectivity index (χ3n) is 4.51. The van der Waals surface area contributed by atoms with Gasteiger partial charge in [-0.15, -0.1) is 11.8 Å². The van der Waals surface area contributed by atoms with Crippen molar-refractivity contribution in [2.24, 2.45) is 0 Å². The fourth-order valence-corrected chi connectivity index (χ4v) is 5.79. The molecule has 31 heavy (non-hydrogen) atoms. The predicted octanol–water partition coefficient (Wildman–Crippen LogP) is 4.66. The number of esters is 2. The first-order valence-corrected chi connectivity index (χ1v) is 11.9. The highest BCUT2D eigenvalue weighted by Gasteiger charge is 2.40. The molecule has 0 spiro atoms. The number of carbonyl (C=O) groups is 3. The molecule has 162 valence electrons. The average molecular weight is 522 g/mol. The van der Waals surface area contributed by atoms with Crippen LogP contribution >= 0.6 is 39.5 Å². The monoisotopic (exact) mass is 521 g/mol. The van der Waals surface area contributed by atoms with Crippen molar-refractivity contribution in [1.82, 2.24) is 4.90 Å². The summed E-state index contributed by atoms with van der Waals surface area (Å²) >= 11 is 5.88. The van der Waals surface area contributed by atoms with Gasteiger partial charge in [-0.1, -0.05) is 46.8 Å². The van der Waals surface area contributed by atoms with E-state index in [-0.39, 0.29) is 16.3 Å². The molecule has 0 saturated heterocycles. The van der Waals surface area contributed by atoms with E-state index in [9.17, 15) is 14.4 Å². The van der Waals surface area contributed by atoms with Crippen molar-refractivity contribution in [3.63, 3.8) is 0 Å². The Morgan fingerprint density at radius 3 is 2.39 bits per heavy atom. The summed E-state index contributed by atoms with van der Waals surface area (Å²) in [6.07, 6.45) is 7.03. The minimum Gasteiger partial charge on any atom is -0.466 e. The molecule has 6 nitrogen and oxygen atoms in total. The Balaban J connectivity index is 2.24. The van der Waals surface area contributed by atoms with Crippen molar-refractivity contribution >= 4 is 57.2 Å². The van der Waals surface area contributed by atoms with Gasteiger partial charge in [0.15, 0.2) is 0 Å². The van der Waals surface area contributed by atoms with E-state index in [1.165, 1.54) is 26.0 Å². The second-order valence-electron chi connectivity index (χ2n) is 6.31. The molecule has 1 aromatic rings. The van der Waals surface area contributed by atoms with Crippen molar-refractivity contribution in [3.8, 4) is 0 Å². The van der Waals surface area contributed by atoms with Crippen LogP contribution < -0.4 is 0 Å². The summed E-state index contributed by atoms with van der Waals surface area (Å²) in [5, 5.41) is 0. The summed E-state index contributed by atoms with van der Waals surface area (Å²) in [4.78, 5) is 40.9. The summed E-state index contributed by atoms with van der Waals surface area (Å²) < 4.78 is 11.4. The molecule has 9 heteroatoms. The van der Waals surface area contributed by atoms with Crippen LogP contribution in [0.1, 0.15) is 17.3 Å². The van der Waals surface area contributed by atoms with Gasteiger partial charge >= 0.3 is 11.9 Å². The molecule has 0 amide bonds. The number of halogens is 1. The number of ketones is 1. The van der Waals surface area contributed by atoms with Gasteiger partial charge in [0, 0.05) is 16.2 Å².